The SMILES string of the molecule is CC(C)(c1[c-]c(-c2[c-]c(-c3ccccn3)c(F)cc2F)ccc1)c1ccccn1.[Pt+2]. The molecule has 2 aromatic carbocycles. The Labute approximate surface area is 189 Å². The summed E-state index contributed by atoms with van der Waals surface area (Å²) < 4.78 is 29.1. The van der Waals surface area contributed by atoms with Crippen molar-refractivity contribution in [2.75, 3.05) is 0 Å². The number of hydrogen-bond donors (Lipinski definition) is 0. The van der Waals surface area contributed by atoms with E-state index in [1.54, 1.807) is 36.7 Å². The zero-order valence-corrected chi connectivity index (χ0v) is 18.7. The maximum Gasteiger partial charge on any atom is 2.00 e. The largest absolute Gasteiger partial charge is 2.00 e. The van der Waals surface area contributed by atoms with Gasteiger partial charge >= 0.3 is 21.1 Å². The number of halogens is 2. The van der Waals surface area contributed by atoms with Crippen molar-refractivity contribution in [2.45, 2.75) is 19.3 Å². The number of benzene rings is 2. The molecule has 0 atom stereocenters. The van der Waals surface area contributed by atoms with Crippen molar-refractivity contribution in [2.24, 2.45) is 0 Å². The van der Waals surface area contributed by atoms with Crippen LogP contribution in [0.15, 0.2) is 73.1 Å². The fourth-order valence-electron chi connectivity index (χ4n) is 3.24. The molecule has 0 saturated heterocycles. The van der Waals surface area contributed by atoms with Crippen LogP contribution in [0.5, 0.6) is 0 Å². The first kappa shape index (κ1) is 22.0. The molecule has 2 nitrogen and oxygen atoms in total. The zero-order chi connectivity index (χ0) is 20.4. The van der Waals surface area contributed by atoms with Crippen LogP contribution in [0.4, 0.5) is 8.78 Å². The van der Waals surface area contributed by atoms with Gasteiger partial charge in [0, 0.05) is 35.0 Å². The molecular formula is C25H18F2N2Pt. The molecule has 152 valence electrons. The van der Waals surface area contributed by atoms with Crippen molar-refractivity contribution >= 4 is 0 Å². The summed E-state index contributed by atoms with van der Waals surface area (Å²) in [6, 6.07) is 23.4. The molecule has 0 N–H and O–H groups in total. The second-order valence-corrected chi connectivity index (χ2v) is 7.25. The maximum absolute atomic E-state index is 14.7. The quantitative estimate of drug-likeness (QED) is 0.277. The van der Waals surface area contributed by atoms with Gasteiger partial charge in [0.25, 0.3) is 0 Å². The second-order valence-electron chi connectivity index (χ2n) is 7.25. The average Bonchev–Trinajstić information content (AvgIpc) is 2.75. The van der Waals surface area contributed by atoms with E-state index in [1.807, 2.05) is 44.2 Å². The summed E-state index contributed by atoms with van der Waals surface area (Å²) >= 11 is 0. The van der Waals surface area contributed by atoms with Crippen LogP contribution in [0.25, 0.3) is 22.4 Å². The van der Waals surface area contributed by atoms with Crippen molar-refractivity contribution in [1.82, 2.24) is 9.97 Å². The van der Waals surface area contributed by atoms with Gasteiger partial charge in [0.05, 0.1) is 5.82 Å². The summed E-state index contributed by atoms with van der Waals surface area (Å²) in [5, 5.41) is 0. The first-order chi connectivity index (χ1) is 14.0. The predicted octanol–water partition coefficient (Wildman–Crippen LogP) is 6.01. The third-order valence-electron chi connectivity index (χ3n) is 4.95. The minimum Gasteiger partial charge on any atom is -0.295 e. The van der Waals surface area contributed by atoms with Crippen molar-refractivity contribution in [3.63, 3.8) is 0 Å². The van der Waals surface area contributed by atoms with E-state index in [0.717, 1.165) is 17.3 Å². The second kappa shape index (κ2) is 8.97. The monoisotopic (exact) mass is 579 g/mol. The van der Waals surface area contributed by atoms with Gasteiger partial charge < -0.3 is 0 Å². The van der Waals surface area contributed by atoms with E-state index in [9.17, 15) is 8.78 Å². The van der Waals surface area contributed by atoms with E-state index in [-0.39, 0.29) is 32.2 Å². The van der Waals surface area contributed by atoms with Crippen LogP contribution in [0.1, 0.15) is 25.1 Å². The molecule has 0 saturated carbocycles. The fourth-order valence-corrected chi connectivity index (χ4v) is 3.24. The van der Waals surface area contributed by atoms with Gasteiger partial charge in [-0.3, -0.25) is 18.7 Å². The molecule has 0 unspecified atom stereocenters. The minimum atomic E-state index is -0.699. The summed E-state index contributed by atoms with van der Waals surface area (Å²) in [6.45, 7) is 4.07. The summed E-state index contributed by atoms with van der Waals surface area (Å²) in [5.41, 5.74) is 2.49. The van der Waals surface area contributed by atoms with E-state index >= 15 is 0 Å². The van der Waals surface area contributed by atoms with Crippen LogP contribution in [-0.4, -0.2) is 9.97 Å². The van der Waals surface area contributed by atoms with Crippen LogP contribution >= 0.6 is 0 Å². The van der Waals surface area contributed by atoms with Gasteiger partial charge in [0.1, 0.15) is 0 Å². The smallest absolute Gasteiger partial charge is 0.295 e. The van der Waals surface area contributed by atoms with E-state index in [0.29, 0.717) is 11.3 Å². The van der Waals surface area contributed by atoms with E-state index in [1.165, 1.54) is 0 Å². The third-order valence-corrected chi connectivity index (χ3v) is 4.95. The van der Waals surface area contributed by atoms with Gasteiger partial charge in [-0.25, -0.2) is 5.56 Å². The number of pyridine rings is 2. The number of rotatable bonds is 4. The van der Waals surface area contributed by atoms with Crippen LogP contribution in [0, 0.1) is 23.8 Å². The summed E-state index contributed by atoms with van der Waals surface area (Å²) in [7, 11) is 0. The molecule has 5 heteroatoms. The first-order valence-corrected chi connectivity index (χ1v) is 9.24. The van der Waals surface area contributed by atoms with Crippen LogP contribution in [0.3, 0.4) is 0 Å². The zero-order valence-electron chi connectivity index (χ0n) is 16.4. The van der Waals surface area contributed by atoms with Gasteiger partial charge in [-0.05, 0) is 18.2 Å². The minimum absolute atomic E-state index is 0. The topological polar surface area (TPSA) is 25.8 Å². The molecule has 0 spiro atoms. The Bertz CT molecular complexity index is 1150. The molecule has 0 bridgehead atoms. The van der Waals surface area contributed by atoms with Gasteiger partial charge in [-0.2, -0.15) is 29.8 Å². The Kier molecular flexibility index (Phi) is 6.57. The number of nitrogens with zero attached hydrogens (tertiary/aromatic N) is 2. The van der Waals surface area contributed by atoms with E-state index in [4.69, 9.17) is 0 Å². The summed E-state index contributed by atoms with van der Waals surface area (Å²) in [6.07, 6.45) is 3.31. The van der Waals surface area contributed by atoms with Crippen molar-refractivity contribution < 1.29 is 29.8 Å². The Balaban J connectivity index is 0.00000256. The molecule has 4 aromatic rings. The first-order valence-electron chi connectivity index (χ1n) is 9.24. The number of aromatic nitrogens is 2. The Morgan fingerprint density at radius 3 is 2.13 bits per heavy atom. The van der Waals surface area contributed by atoms with Crippen LogP contribution in [-0.2, 0) is 26.5 Å². The third kappa shape index (κ3) is 4.24. The molecule has 30 heavy (non-hydrogen) atoms. The Morgan fingerprint density at radius 1 is 0.767 bits per heavy atom. The molecule has 2 heterocycles. The molecule has 0 amide bonds. The predicted molar refractivity (Wildman–Crippen MR) is 109 cm³/mol. The van der Waals surface area contributed by atoms with Gasteiger partial charge in [0.15, 0.2) is 0 Å². The molecule has 0 fully saturated rings. The average molecular weight is 580 g/mol. The van der Waals surface area contributed by atoms with Crippen molar-refractivity contribution in [3.8, 4) is 22.4 Å². The molecule has 0 aliphatic rings. The van der Waals surface area contributed by atoms with E-state index < -0.39 is 17.0 Å². The normalized spacial score (nSPS) is 11.1. The molecular weight excluding hydrogens is 561 g/mol. The maximum atomic E-state index is 14.7. The molecule has 2 aromatic heterocycles. The Morgan fingerprint density at radius 2 is 1.47 bits per heavy atom. The molecule has 0 aliphatic carbocycles. The van der Waals surface area contributed by atoms with Gasteiger partial charge in [-0.1, -0.05) is 43.7 Å². The van der Waals surface area contributed by atoms with Gasteiger partial charge in [0.2, 0.25) is 0 Å². The number of hydrogen-bond acceptors (Lipinski definition) is 2. The fraction of sp³-hybridized carbons (Fsp3) is 0.120. The van der Waals surface area contributed by atoms with Crippen LogP contribution < -0.4 is 0 Å². The van der Waals surface area contributed by atoms with Crippen molar-refractivity contribution in [3.05, 3.63) is 108 Å². The van der Waals surface area contributed by atoms with Crippen LogP contribution in [0.2, 0.25) is 0 Å². The molecule has 0 radical (unpaired) electrons. The van der Waals surface area contributed by atoms with Gasteiger partial charge in [-0.15, -0.1) is 11.6 Å². The van der Waals surface area contributed by atoms with E-state index in [2.05, 4.69) is 22.1 Å². The standard InChI is InChI=1S/C25H18F2N2.Pt/c1-25(2,24-11-4-6-13-29-24)18-9-7-8-17(14-18)19-15-20(22(27)16-21(19)26)23-10-3-5-12-28-23;/h3-13,16H,1-2H3;/q-2;+2. The van der Waals surface area contributed by atoms with Crippen molar-refractivity contribution in [1.29, 1.82) is 0 Å². The summed E-state index contributed by atoms with van der Waals surface area (Å²) in [5.74, 6) is -1.39. The molecule has 0 aliphatic heterocycles. The Hall–Kier alpha value is -2.71. The molecule has 4 rings (SSSR count). The summed E-state index contributed by atoms with van der Waals surface area (Å²) in [4.78, 5) is 8.61.